The van der Waals surface area contributed by atoms with Crippen molar-refractivity contribution in [1.82, 2.24) is 9.88 Å². The highest BCUT2D eigenvalue weighted by Gasteiger charge is 2.17. The number of aromatic nitrogens is 1. The molecular formula is C21H22ClN3O2. The molecule has 0 atom stereocenters. The molecule has 1 heterocycles. The lowest BCUT2D eigenvalue weighted by molar-refractivity contribution is 0.220. The molecule has 6 heteroatoms. The first-order valence-corrected chi connectivity index (χ1v) is 9.03. The van der Waals surface area contributed by atoms with E-state index in [4.69, 9.17) is 16.0 Å². The number of rotatable bonds is 4. The molecule has 2 amide bonds. The van der Waals surface area contributed by atoms with E-state index in [0.717, 1.165) is 22.4 Å². The summed E-state index contributed by atoms with van der Waals surface area (Å²) in [5, 5.41) is 3.33. The zero-order chi connectivity index (χ0) is 19.6. The molecule has 0 spiro atoms. The van der Waals surface area contributed by atoms with E-state index in [0.29, 0.717) is 28.9 Å². The smallest absolute Gasteiger partial charge is 0.321 e. The molecule has 0 aliphatic carbocycles. The lowest BCUT2D eigenvalue weighted by atomic mass is 10.1. The number of hydrogen-bond acceptors (Lipinski definition) is 3. The fourth-order valence-electron chi connectivity index (χ4n) is 2.73. The molecule has 27 heavy (non-hydrogen) atoms. The maximum Gasteiger partial charge on any atom is 0.321 e. The zero-order valence-corrected chi connectivity index (χ0v) is 16.6. The van der Waals surface area contributed by atoms with Gasteiger partial charge in [-0.3, -0.25) is 0 Å². The highest BCUT2D eigenvalue weighted by molar-refractivity contribution is 6.33. The van der Waals surface area contributed by atoms with E-state index in [1.807, 2.05) is 57.2 Å². The Balaban J connectivity index is 1.73. The van der Waals surface area contributed by atoms with Crippen molar-refractivity contribution in [2.75, 3.05) is 12.4 Å². The van der Waals surface area contributed by atoms with Crippen LogP contribution in [0.1, 0.15) is 22.6 Å². The van der Waals surface area contributed by atoms with Gasteiger partial charge in [0, 0.05) is 12.6 Å². The number of halogens is 1. The fourth-order valence-corrected chi connectivity index (χ4v) is 3.01. The van der Waals surface area contributed by atoms with Gasteiger partial charge in [-0.05, 0) is 50.1 Å². The van der Waals surface area contributed by atoms with E-state index in [2.05, 4.69) is 10.3 Å². The van der Waals surface area contributed by atoms with Crippen molar-refractivity contribution >= 4 is 23.3 Å². The van der Waals surface area contributed by atoms with Crippen molar-refractivity contribution in [2.24, 2.45) is 0 Å². The van der Waals surface area contributed by atoms with Crippen molar-refractivity contribution < 1.29 is 9.21 Å². The third kappa shape index (κ3) is 4.31. The van der Waals surface area contributed by atoms with E-state index in [-0.39, 0.29) is 6.03 Å². The van der Waals surface area contributed by atoms with Crippen molar-refractivity contribution in [3.05, 3.63) is 70.1 Å². The quantitative estimate of drug-likeness (QED) is 0.639. The zero-order valence-electron chi connectivity index (χ0n) is 15.8. The van der Waals surface area contributed by atoms with E-state index in [9.17, 15) is 4.79 Å². The molecule has 2 aromatic carbocycles. The van der Waals surface area contributed by atoms with Gasteiger partial charge in [0.05, 0.1) is 17.3 Å². The van der Waals surface area contributed by atoms with Crippen LogP contribution in [0.25, 0.3) is 11.5 Å². The maximum atomic E-state index is 12.5. The van der Waals surface area contributed by atoms with Crippen molar-refractivity contribution in [3.8, 4) is 11.5 Å². The molecule has 0 unspecified atom stereocenters. The van der Waals surface area contributed by atoms with Gasteiger partial charge in [-0.1, -0.05) is 35.9 Å². The number of amides is 2. The fraction of sp³-hybridized carbons (Fsp3) is 0.238. The van der Waals surface area contributed by atoms with Gasteiger partial charge in [0.15, 0.2) is 0 Å². The molecule has 0 aliphatic heterocycles. The van der Waals surface area contributed by atoms with Gasteiger partial charge in [0.2, 0.25) is 5.89 Å². The van der Waals surface area contributed by atoms with Crippen LogP contribution < -0.4 is 5.32 Å². The molecule has 0 bridgehead atoms. The third-order valence-electron chi connectivity index (χ3n) is 4.37. The first kappa shape index (κ1) is 19.0. The van der Waals surface area contributed by atoms with E-state index in [1.165, 1.54) is 0 Å². The number of anilines is 1. The Hall–Kier alpha value is -2.79. The van der Waals surface area contributed by atoms with Crippen molar-refractivity contribution in [3.63, 3.8) is 0 Å². The Morgan fingerprint density at radius 1 is 1.19 bits per heavy atom. The molecule has 1 aromatic heterocycles. The molecule has 3 aromatic rings. The lowest BCUT2D eigenvalue weighted by Gasteiger charge is -2.17. The van der Waals surface area contributed by atoms with Crippen molar-refractivity contribution in [2.45, 2.75) is 27.3 Å². The lowest BCUT2D eigenvalue weighted by Crippen LogP contribution is -2.31. The highest BCUT2D eigenvalue weighted by Crippen LogP contribution is 2.26. The summed E-state index contributed by atoms with van der Waals surface area (Å²) >= 11 is 6.19. The van der Waals surface area contributed by atoms with Crippen LogP contribution >= 0.6 is 11.6 Å². The molecule has 3 rings (SSSR count). The molecule has 0 saturated heterocycles. The second-order valence-electron chi connectivity index (χ2n) is 6.61. The van der Waals surface area contributed by atoms with Gasteiger partial charge in [0.1, 0.15) is 11.5 Å². The first-order valence-electron chi connectivity index (χ1n) is 8.65. The van der Waals surface area contributed by atoms with Gasteiger partial charge in [-0.15, -0.1) is 0 Å². The van der Waals surface area contributed by atoms with Gasteiger partial charge in [-0.2, -0.15) is 0 Å². The number of nitrogens with one attached hydrogen (secondary N) is 1. The molecule has 0 radical (unpaired) electrons. The van der Waals surface area contributed by atoms with E-state index >= 15 is 0 Å². The minimum atomic E-state index is -0.263. The third-order valence-corrected chi connectivity index (χ3v) is 4.68. The topological polar surface area (TPSA) is 58.4 Å². The average molecular weight is 384 g/mol. The predicted molar refractivity (Wildman–Crippen MR) is 108 cm³/mol. The number of oxazole rings is 1. The van der Waals surface area contributed by atoms with Gasteiger partial charge < -0.3 is 14.6 Å². The average Bonchev–Trinajstić information content (AvgIpc) is 2.98. The number of hydrogen-bond donors (Lipinski definition) is 1. The van der Waals surface area contributed by atoms with Crippen LogP contribution in [-0.4, -0.2) is 23.0 Å². The Kier molecular flexibility index (Phi) is 5.51. The summed E-state index contributed by atoms with van der Waals surface area (Å²) in [5.74, 6) is 1.26. The number of urea groups is 1. The van der Waals surface area contributed by atoms with Crippen LogP contribution in [0, 0.1) is 20.8 Å². The molecule has 140 valence electrons. The Morgan fingerprint density at radius 3 is 2.63 bits per heavy atom. The summed E-state index contributed by atoms with van der Waals surface area (Å²) in [6, 6.07) is 13.2. The minimum absolute atomic E-state index is 0.263. The molecule has 5 nitrogen and oxygen atoms in total. The standard InChI is InChI=1S/C21H22ClN3O2/c1-13-9-10-18(17(22)11-13)24-21(26)25(4)12-19-15(3)27-20(23-19)16-8-6-5-7-14(16)2/h5-11H,12H2,1-4H3,(H,24,26). The number of aryl methyl sites for hydroxylation is 3. The summed E-state index contributed by atoms with van der Waals surface area (Å²) in [7, 11) is 1.71. The summed E-state index contributed by atoms with van der Waals surface area (Å²) in [5.41, 5.74) is 4.38. The number of carbonyl (C=O) groups is 1. The number of nitrogens with zero attached hydrogens (tertiary/aromatic N) is 2. The van der Waals surface area contributed by atoms with Gasteiger partial charge in [0.25, 0.3) is 0 Å². The molecular weight excluding hydrogens is 362 g/mol. The second kappa shape index (κ2) is 7.84. The van der Waals surface area contributed by atoms with Crippen LogP contribution in [-0.2, 0) is 6.54 Å². The van der Waals surface area contributed by atoms with Crippen LogP contribution in [0.4, 0.5) is 10.5 Å². The number of benzene rings is 2. The summed E-state index contributed by atoms with van der Waals surface area (Å²) in [4.78, 5) is 18.6. The Labute approximate surface area is 164 Å². The van der Waals surface area contributed by atoms with Crippen LogP contribution in [0.15, 0.2) is 46.9 Å². The molecule has 0 aliphatic rings. The molecule has 0 fully saturated rings. The van der Waals surface area contributed by atoms with Crippen molar-refractivity contribution in [1.29, 1.82) is 0 Å². The first-order chi connectivity index (χ1) is 12.8. The van der Waals surface area contributed by atoms with Crippen LogP contribution in [0.3, 0.4) is 0 Å². The maximum absolute atomic E-state index is 12.5. The second-order valence-corrected chi connectivity index (χ2v) is 7.01. The van der Waals surface area contributed by atoms with Crippen LogP contribution in [0.2, 0.25) is 5.02 Å². The normalized spacial score (nSPS) is 10.7. The van der Waals surface area contributed by atoms with E-state index < -0.39 is 0 Å². The van der Waals surface area contributed by atoms with Crippen LogP contribution in [0.5, 0.6) is 0 Å². The van der Waals surface area contributed by atoms with Gasteiger partial charge in [-0.25, -0.2) is 9.78 Å². The Morgan fingerprint density at radius 2 is 1.93 bits per heavy atom. The van der Waals surface area contributed by atoms with Gasteiger partial charge >= 0.3 is 6.03 Å². The highest BCUT2D eigenvalue weighted by atomic mass is 35.5. The summed E-state index contributed by atoms with van der Waals surface area (Å²) < 4.78 is 5.82. The monoisotopic (exact) mass is 383 g/mol. The largest absolute Gasteiger partial charge is 0.441 e. The Bertz CT molecular complexity index is 981. The summed E-state index contributed by atoms with van der Waals surface area (Å²) in [6.45, 7) is 6.14. The number of carbonyl (C=O) groups excluding carboxylic acids is 1. The molecule has 1 N–H and O–H groups in total. The predicted octanol–water partition coefficient (Wildman–Crippen LogP) is 5.58. The summed E-state index contributed by atoms with van der Waals surface area (Å²) in [6.07, 6.45) is 0. The molecule has 0 saturated carbocycles. The SMILES string of the molecule is Cc1ccc(NC(=O)N(C)Cc2nc(-c3ccccc3C)oc2C)c(Cl)c1. The minimum Gasteiger partial charge on any atom is -0.441 e. The van der Waals surface area contributed by atoms with E-state index in [1.54, 1.807) is 18.0 Å².